The van der Waals surface area contributed by atoms with Gasteiger partial charge in [0.25, 0.3) is 0 Å². The average molecular weight is 240 g/mol. The first-order valence-corrected chi connectivity index (χ1v) is 6.90. The van der Waals surface area contributed by atoms with Crippen LogP contribution in [0.2, 0.25) is 0 Å². The molecular formula is C13H24N2O2. The number of piperidine rings is 1. The van der Waals surface area contributed by atoms with E-state index in [2.05, 4.69) is 12.2 Å². The zero-order valence-corrected chi connectivity index (χ0v) is 10.8. The predicted octanol–water partition coefficient (Wildman–Crippen LogP) is 1.16. The average Bonchev–Trinajstić information content (AvgIpc) is 2.76. The molecule has 2 fully saturated rings. The number of ether oxygens (including phenoxy) is 1. The van der Waals surface area contributed by atoms with Crippen molar-refractivity contribution < 1.29 is 9.53 Å². The van der Waals surface area contributed by atoms with E-state index in [4.69, 9.17) is 4.74 Å². The van der Waals surface area contributed by atoms with Gasteiger partial charge in [-0.25, -0.2) is 0 Å². The molecule has 2 heterocycles. The van der Waals surface area contributed by atoms with E-state index in [-0.39, 0.29) is 0 Å². The molecule has 2 aliphatic rings. The molecule has 2 rings (SSSR count). The van der Waals surface area contributed by atoms with E-state index < -0.39 is 0 Å². The van der Waals surface area contributed by atoms with Crippen LogP contribution in [0.25, 0.3) is 0 Å². The van der Waals surface area contributed by atoms with Gasteiger partial charge in [-0.15, -0.1) is 0 Å². The number of hydrogen-bond donors (Lipinski definition) is 1. The summed E-state index contributed by atoms with van der Waals surface area (Å²) in [7, 11) is 0. The Bertz CT molecular complexity index is 252. The lowest BCUT2D eigenvalue weighted by Crippen LogP contribution is -2.40. The number of hydrogen-bond acceptors (Lipinski definition) is 3. The van der Waals surface area contributed by atoms with Crippen LogP contribution >= 0.6 is 0 Å². The number of nitrogens with zero attached hydrogens (tertiary/aromatic N) is 1. The van der Waals surface area contributed by atoms with Gasteiger partial charge in [0.05, 0.1) is 6.10 Å². The van der Waals surface area contributed by atoms with Gasteiger partial charge >= 0.3 is 0 Å². The summed E-state index contributed by atoms with van der Waals surface area (Å²) in [5.41, 5.74) is 0. The normalized spacial score (nSPS) is 29.6. The Labute approximate surface area is 104 Å². The second kappa shape index (κ2) is 6.36. The molecule has 0 saturated carbocycles. The summed E-state index contributed by atoms with van der Waals surface area (Å²) in [6.07, 6.45) is 5.61. The third kappa shape index (κ3) is 3.68. The SMILES string of the molecule is CC1OCCC1NCCC(=O)N1CCCCC1. The highest BCUT2D eigenvalue weighted by molar-refractivity contribution is 5.76. The maximum atomic E-state index is 11.9. The van der Waals surface area contributed by atoms with Crippen molar-refractivity contribution in [1.29, 1.82) is 0 Å². The second-order valence-electron chi connectivity index (χ2n) is 5.12. The van der Waals surface area contributed by atoms with Crippen LogP contribution in [0.15, 0.2) is 0 Å². The number of amides is 1. The Morgan fingerprint density at radius 3 is 2.76 bits per heavy atom. The van der Waals surface area contributed by atoms with E-state index in [1.165, 1.54) is 19.3 Å². The van der Waals surface area contributed by atoms with Crippen LogP contribution in [0.5, 0.6) is 0 Å². The maximum absolute atomic E-state index is 11.9. The molecule has 0 radical (unpaired) electrons. The number of likely N-dealkylation sites (tertiary alicyclic amines) is 1. The maximum Gasteiger partial charge on any atom is 0.223 e. The van der Waals surface area contributed by atoms with Crippen molar-refractivity contribution in [2.75, 3.05) is 26.2 Å². The number of carbonyl (C=O) groups is 1. The van der Waals surface area contributed by atoms with Crippen molar-refractivity contribution in [3.8, 4) is 0 Å². The lowest BCUT2D eigenvalue weighted by Gasteiger charge is -2.27. The number of carbonyl (C=O) groups excluding carboxylic acids is 1. The molecule has 0 bridgehead atoms. The van der Waals surface area contributed by atoms with Gasteiger partial charge in [0.15, 0.2) is 0 Å². The summed E-state index contributed by atoms with van der Waals surface area (Å²) in [6.45, 7) is 5.65. The molecule has 4 heteroatoms. The number of nitrogens with one attached hydrogen (secondary N) is 1. The van der Waals surface area contributed by atoms with Gasteiger partial charge in [0.1, 0.15) is 0 Å². The van der Waals surface area contributed by atoms with Gasteiger partial charge in [0.2, 0.25) is 5.91 Å². The summed E-state index contributed by atoms with van der Waals surface area (Å²) in [5, 5.41) is 3.43. The molecule has 0 aromatic carbocycles. The van der Waals surface area contributed by atoms with Crippen LogP contribution < -0.4 is 5.32 Å². The quantitative estimate of drug-likeness (QED) is 0.801. The van der Waals surface area contributed by atoms with Crippen molar-refractivity contribution in [2.24, 2.45) is 0 Å². The molecule has 4 nitrogen and oxygen atoms in total. The fourth-order valence-corrected chi connectivity index (χ4v) is 2.67. The van der Waals surface area contributed by atoms with E-state index in [1.807, 2.05) is 4.90 Å². The van der Waals surface area contributed by atoms with Crippen molar-refractivity contribution in [3.63, 3.8) is 0 Å². The predicted molar refractivity (Wildman–Crippen MR) is 66.9 cm³/mol. The summed E-state index contributed by atoms with van der Waals surface area (Å²) in [6, 6.07) is 0.434. The Morgan fingerprint density at radius 2 is 2.12 bits per heavy atom. The van der Waals surface area contributed by atoms with Crippen LogP contribution in [-0.2, 0) is 9.53 Å². The Balaban J connectivity index is 1.62. The van der Waals surface area contributed by atoms with Gasteiger partial charge in [-0.05, 0) is 32.6 Å². The molecule has 1 amide bonds. The summed E-state index contributed by atoms with van der Waals surface area (Å²) in [4.78, 5) is 13.9. The van der Waals surface area contributed by atoms with Gasteiger partial charge in [-0.1, -0.05) is 0 Å². The van der Waals surface area contributed by atoms with E-state index in [9.17, 15) is 4.79 Å². The molecule has 0 aromatic rings. The standard InChI is InChI=1S/C13H24N2O2/c1-11-12(6-10-17-11)14-7-5-13(16)15-8-3-2-4-9-15/h11-12,14H,2-10H2,1H3. The first-order chi connectivity index (χ1) is 8.27. The van der Waals surface area contributed by atoms with Crippen molar-refractivity contribution in [2.45, 2.75) is 51.2 Å². The molecule has 2 unspecified atom stereocenters. The minimum atomic E-state index is 0.292. The third-order valence-electron chi connectivity index (χ3n) is 3.83. The summed E-state index contributed by atoms with van der Waals surface area (Å²) >= 11 is 0. The fraction of sp³-hybridized carbons (Fsp3) is 0.923. The molecule has 1 N–H and O–H groups in total. The fourth-order valence-electron chi connectivity index (χ4n) is 2.67. The zero-order chi connectivity index (χ0) is 12.1. The molecule has 2 atom stereocenters. The summed E-state index contributed by atoms with van der Waals surface area (Å²) in [5.74, 6) is 0.309. The minimum Gasteiger partial charge on any atom is -0.377 e. The van der Waals surface area contributed by atoms with Crippen molar-refractivity contribution in [3.05, 3.63) is 0 Å². The van der Waals surface area contributed by atoms with Gasteiger partial charge < -0.3 is 15.0 Å². The molecule has 0 aromatic heterocycles. The van der Waals surface area contributed by atoms with E-state index in [0.29, 0.717) is 24.5 Å². The molecule has 2 aliphatic heterocycles. The van der Waals surface area contributed by atoms with Crippen LogP contribution in [0.3, 0.4) is 0 Å². The molecule has 2 saturated heterocycles. The molecule has 17 heavy (non-hydrogen) atoms. The minimum absolute atomic E-state index is 0.292. The topological polar surface area (TPSA) is 41.6 Å². The first kappa shape index (κ1) is 12.8. The highest BCUT2D eigenvalue weighted by atomic mass is 16.5. The molecule has 98 valence electrons. The van der Waals surface area contributed by atoms with E-state index in [1.54, 1.807) is 0 Å². The van der Waals surface area contributed by atoms with E-state index in [0.717, 1.165) is 32.7 Å². The monoisotopic (exact) mass is 240 g/mol. The number of rotatable bonds is 4. The Hall–Kier alpha value is -0.610. The largest absolute Gasteiger partial charge is 0.377 e. The van der Waals surface area contributed by atoms with E-state index >= 15 is 0 Å². The molecule has 0 spiro atoms. The van der Waals surface area contributed by atoms with Crippen LogP contribution in [0.1, 0.15) is 39.0 Å². The highest BCUT2D eigenvalue weighted by Gasteiger charge is 2.24. The summed E-state index contributed by atoms with van der Waals surface area (Å²) < 4.78 is 5.48. The lowest BCUT2D eigenvalue weighted by molar-refractivity contribution is -0.132. The van der Waals surface area contributed by atoms with Gasteiger partial charge in [0, 0.05) is 38.7 Å². The molecule has 0 aliphatic carbocycles. The Morgan fingerprint density at radius 1 is 1.35 bits per heavy atom. The smallest absolute Gasteiger partial charge is 0.223 e. The van der Waals surface area contributed by atoms with Gasteiger partial charge in [-0.3, -0.25) is 4.79 Å². The highest BCUT2D eigenvalue weighted by Crippen LogP contribution is 2.13. The van der Waals surface area contributed by atoms with Crippen molar-refractivity contribution >= 4 is 5.91 Å². The van der Waals surface area contributed by atoms with Crippen LogP contribution in [0.4, 0.5) is 0 Å². The lowest BCUT2D eigenvalue weighted by atomic mass is 10.1. The Kier molecular flexibility index (Phi) is 4.80. The molecular weight excluding hydrogens is 216 g/mol. The zero-order valence-electron chi connectivity index (χ0n) is 10.8. The second-order valence-corrected chi connectivity index (χ2v) is 5.12. The first-order valence-electron chi connectivity index (χ1n) is 6.90. The van der Waals surface area contributed by atoms with Crippen LogP contribution in [0, 0.1) is 0 Å². The van der Waals surface area contributed by atoms with Crippen molar-refractivity contribution in [1.82, 2.24) is 10.2 Å². The van der Waals surface area contributed by atoms with Gasteiger partial charge in [-0.2, -0.15) is 0 Å². The third-order valence-corrected chi connectivity index (χ3v) is 3.83. The van der Waals surface area contributed by atoms with Crippen LogP contribution in [-0.4, -0.2) is 49.2 Å².